The van der Waals surface area contributed by atoms with Crippen LogP contribution in [0.3, 0.4) is 0 Å². The van der Waals surface area contributed by atoms with Crippen LogP contribution < -0.4 is 0 Å². The first-order valence-electron chi connectivity index (χ1n) is 5.69. The van der Waals surface area contributed by atoms with Crippen molar-refractivity contribution in [2.75, 3.05) is 0 Å². The molecule has 0 aliphatic carbocycles. The Morgan fingerprint density at radius 2 is 2.00 bits per heavy atom. The van der Waals surface area contributed by atoms with Gasteiger partial charge >= 0.3 is 0 Å². The van der Waals surface area contributed by atoms with Gasteiger partial charge in [0.1, 0.15) is 0 Å². The zero-order valence-corrected chi connectivity index (χ0v) is 13.4. The predicted molar refractivity (Wildman–Crippen MR) is 79.7 cm³/mol. The van der Waals surface area contributed by atoms with Crippen molar-refractivity contribution in [3.63, 3.8) is 0 Å². The SMILES string of the molecule is CC(C)(Cl)c1cccc(CCC[Si]C(Cl)Cl)c1. The molecule has 0 saturated heterocycles. The minimum Gasteiger partial charge on any atom is -0.115 e. The van der Waals surface area contributed by atoms with Crippen molar-refractivity contribution in [1.29, 1.82) is 0 Å². The Kier molecular flexibility index (Phi) is 6.36. The molecule has 17 heavy (non-hydrogen) atoms. The monoisotopic (exact) mass is 306 g/mol. The lowest BCUT2D eigenvalue weighted by molar-refractivity contribution is 0.762. The summed E-state index contributed by atoms with van der Waals surface area (Å²) in [6.07, 6.45) is 2.19. The van der Waals surface area contributed by atoms with Gasteiger partial charge in [-0.1, -0.05) is 36.7 Å². The lowest BCUT2D eigenvalue weighted by Crippen LogP contribution is -2.07. The molecule has 1 aromatic rings. The zero-order valence-electron chi connectivity index (χ0n) is 10.1. The van der Waals surface area contributed by atoms with E-state index in [1.807, 2.05) is 13.8 Å². The summed E-state index contributed by atoms with van der Waals surface area (Å²) in [4.78, 5) is -0.296. The van der Waals surface area contributed by atoms with E-state index in [0.29, 0.717) is 9.52 Å². The third kappa shape index (κ3) is 6.14. The van der Waals surface area contributed by atoms with Gasteiger partial charge in [-0.15, -0.1) is 34.8 Å². The van der Waals surface area contributed by atoms with E-state index in [1.54, 1.807) is 0 Å². The minimum atomic E-state index is -0.296. The van der Waals surface area contributed by atoms with E-state index in [-0.39, 0.29) is 9.33 Å². The number of hydrogen-bond donors (Lipinski definition) is 0. The van der Waals surface area contributed by atoms with Crippen LogP contribution in [-0.4, -0.2) is 14.0 Å². The molecule has 0 aliphatic rings. The van der Waals surface area contributed by atoms with Gasteiger partial charge in [-0.2, -0.15) is 0 Å². The molecular weight excluding hydrogens is 291 g/mol. The maximum absolute atomic E-state index is 6.30. The Hall–Kier alpha value is 0.307. The predicted octanol–water partition coefficient (Wildman–Crippen LogP) is 4.98. The van der Waals surface area contributed by atoms with Crippen molar-refractivity contribution in [1.82, 2.24) is 0 Å². The molecular formula is C13H17Cl3Si. The first-order chi connectivity index (χ1) is 7.89. The summed E-state index contributed by atoms with van der Waals surface area (Å²) in [7, 11) is 0.631. The molecule has 0 aromatic heterocycles. The van der Waals surface area contributed by atoms with Gasteiger partial charge in [0, 0.05) is 0 Å². The molecule has 4 heteroatoms. The van der Waals surface area contributed by atoms with Crippen LogP contribution in [0.2, 0.25) is 6.04 Å². The van der Waals surface area contributed by atoms with Crippen LogP contribution in [0.5, 0.6) is 0 Å². The van der Waals surface area contributed by atoms with E-state index in [1.165, 1.54) is 11.1 Å². The second-order valence-corrected chi connectivity index (χ2v) is 8.79. The molecule has 1 aromatic carbocycles. The second kappa shape index (κ2) is 7.03. The molecule has 0 N–H and O–H groups in total. The molecule has 0 spiro atoms. The van der Waals surface area contributed by atoms with Crippen molar-refractivity contribution in [2.24, 2.45) is 0 Å². The highest BCUT2D eigenvalue weighted by atomic mass is 35.5. The van der Waals surface area contributed by atoms with Crippen LogP contribution in [-0.2, 0) is 11.3 Å². The smallest absolute Gasteiger partial charge is 0.0929 e. The van der Waals surface area contributed by atoms with E-state index in [4.69, 9.17) is 34.8 Å². The first-order valence-corrected chi connectivity index (χ1v) is 8.23. The van der Waals surface area contributed by atoms with E-state index in [0.717, 1.165) is 18.9 Å². The fourth-order valence-electron chi connectivity index (χ4n) is 1.60. The van der Waals surface area contributed by atoms with Gasteiger partial charge < -0.3 is 0 Å². The number of aryl methyl sites for hydroxylation is 1. The quantitative estimate of drug-likeness (QED) is 0.395. The van der Waals surface area contributed by atoms with Gasteiger partial charge in [0.2, 0.25) is 0 Å². The zero-order chi connectivity index (χ0) is 12.9. The maximum atomic E-state index is 6.30. The van der Waals surface area contributed by atoms with Crippen LogP contribution in [0, 0.1) is 0 Å². The lowest BCUT2D eigenvalue weighted by atomic mass is 9.98. The highest BCUT2D eigenvalue weighted by Gasteiger charge is 2.16. The summed E-state index contributed by atoms with van der Waals surface area (Å²) in [5.41, 5.74) is 2.51. The highest BCUT2D eigenvalue weighted by molar-refractivity contribution is 6.68. The van der Waals surface area contributed by atoms with Crippen LogP contribution >= 0.6 is 34.8 Å². The molecule has 0 heterocycles. The third-order valence-electron chi connectivity index (χ3n) is 2.55. The molecule has 1 rings (SSSR count). The van der Waals surface area contributed by atoms with Gasteiger partial charge in [0.05, 0.1) is 18.9 Å². The molecule has 0 amide bonds. The fourth-order valence-corrected chi connectivity index (χ4v) is 2.97. The molecule has 0 aliphatic heterocycles. The minimum absolute atomic E-state index is 0.205. The standard InChI is InChI=1S/C13H17Cl3Si/c1-13(2,16)11-7-3-5-10(9-11)6-4-8-17-12(14)15/h3,5,7,9,12H,4,6,8H2,1-2H3. The van der Waals surface area contributed by atoms with Crippen LogP contribution in [0.15, 0.2) is 24.3 Å². The molecule has 0 nitrogen and oxygen atoms in total. The Morgan fingerprint density at radius 1 is 1.29 bits per heavy atom. The highest BCUT2D eigenvalue weighted by Crippen LogP contribution is 2.28. The average Bonchev–Trinajstić information content (AvgIpc) is 2.23. The van der Waals surface area contributed by atoms with Crippen molar-refractivity contribution in [2.45, 2.75) is 42.1 Å². The molecule has 0 saturated carbocycles. The molecule has 0 unspecified atom stereocenters. The summed E-state index contributed by atoms with van der Waals surface area (Å²) in [5.74, 6) is 0. The summed E-state index contributed by atoms with van der Waals surface area (Å²) < 4.78 is -0.205. The third-order valence-corrected chi connectivity index (χ3v) is 4.65. The lowest BCUT2D eigenvalue weighted by Gasteiger charge is -2.17. The summed E-state index contributed by atoms with van der Waals surface area (Å²) in [6.45, 7) is 4.03. The van der Waals surface area contributed by atoms with Crippen LogP contribution in [0.4, 0.5) is 0 Å². The molecule has 94 valence electrons. The van der Waals surface area contributed by atoms with Crippen molar-refractivity contribution in [3.8, 4) is 0 Å². The molecule has 0 atom stereocenters. The van der Waals surface area contributed by atoms with Gasteiger partial charge in [-0.3, -0.25) is 0 Å². The van der Waals surface area contributed by atoms with E-state index in [2.05, 4.69) is 24.3 Å². The Bertz CT molecular complexity index is 345. The number of hydrogen-bond acceptors (Lipinski definition) is 0. The normalized spacial score (nSPS) is 12.1. The van der Waals surface area contributed by atoms with E-state index in [9.17, 15) is 0 Å². The number of halogens is 3. The summed E-state index contributed by atoms with van der Waals surface area (Å²) >= 11 is 17.7. The topological polar surface area (TPSA) is 0 Å². The van der Waals surface area contributed by atoms with Gasteiger partial charge in [0.25, 0.3) is 0 Å². The Morgan fingerprint density at radius 3 is 2.59 bits per heavy atom. The van der Waals surface area contributed by atoms with E-state index < -0.39 is 0 Å². The van der Waals surface area contributed by atoms with Crippen LogP contribution in [0.25, 0.3) is 0 Å². The van der Waals surface area contributed by atoms with Gasteiger partial charge in [-0.05, 0) is 31.4 Å². The fraction of sp³-hybridized carbons (Fsp3) is 0.538. The first kappa shape index (κ1) is 15.4. The number of rotatable bonds is 6. The number of benzene rings is 1. The average molecular weight is 308 g/mol. The molecule has 0 bridgehead atoms. The Labute approximate surface area is 121 Å². The maximum Gasteiger partial charge on any atom is 0.0929 e. The largest absolute Gasteiger partial charge is 0.115 e. The van der Waals surface area contributed by atoms with Crippen LogP contribution in [0.1, 0.15) is 31.4 Å². The summed E-state index contributed by atoms with van der Waals surface area (Å²) in [5, 5.41) is 0. The van der Waals surface area contributed by atoms with Crippen molar-refractivity contribution >= 4 is 44.3 Å². The van der Waals surface area contributed by atoms with Gasteiger partial charge in [-0.25, -0.2) is 0 Å². The second-order valence-electron chi connectivity index (χ2n) is 4.53. The van der Waals surface area contributed by atoms with Gasteiger partial charge in [0.15, 0.2) is 0 Å². The molecule has 2 radical (unpaired) electrons. The Balaban J connectivity index is 2.49. The summed E-state index contributed by atoms with van der Waals surface area (Å²) in [6, 6.07) is 9.57. The number of alkyl halides is 3. The van der Waals surface area contributed by atoms with E-state index >= 15 is 0 Å². The van der Waals surface area contributed by atoms with Crippen molar-refractivity contribution < 1.29 is 0 Å². The molecule has 0 fully saturated rings. The van der Waals surface area contributed by atoms with Crippen molar-refractivity contribution in [3.05, 3.63) is 35.4 Å².